The van der Waals surface area contributed by atoms with E-state index in [9.17, 15) is 4.79 Å². The van der Waals surface area contributed by atoms with E-state index in [1.165, 1.54) is 10.7 Å². The second-order valence-electron chi connectivity index (χ2n) is 2.05. The molecule has 0 fully saturated rings. The second kappa shape index (κ2) is 2.16. The van der Waals surface area contributed by atoms with Crippen LogP contribution in [0, 0.1) is 0 Å². The van der Waals surface area contributed by atoms with Crippen molar-refractivity contribution in [2.75, 3.05) is 0 Å². The number of hydrogen-bond donors (Lipinski definition) is 0. The maximum absolute atomic E-state index is 10.3. The summed E-state index contributed by atoms with van der Waals surface area (Å²) >= 11 is 0. The minimum atomic E-state index is 0.394. The summed E-state index contributed by atoms with van der Waals surface area (Å²) in [5, 5.41) is 3.88. The first-order valence-corrected chi connectivity index (χ1v) is 3.08. The first-order chi connectivity index (χ1) is 5.42. The van der Waals surface area contributed by atoms with Gasteiger partial charge in [0.2, 0.25) is 6.29 Å². The Balaban J connectivity index is 2.86. The van der Waals surface area contributed by atoms with Crippen LogP contribution in [-0.4, -0.2) is 20.9 Å². The lowest BCUT2D eigenvalue weighted by atomic mass is 10.4. The SMILES string of the molecule is O=[C]c1cnn2cccnc12. The van der Waals surface area contributed by atoms with Crippen molar-refractivity contribution < 1.29 is 4.79 Å². The third-order valence-corrected chi connectivity index (χ3v) is 1.39. The normalized spacial score (nSPS) is 10.2. The van der Waals surface area contributed by atoms with Crippen LogP contribution in [0.5, 0.6) is 0 Å². The van der Waals surface area contributed by atoms with E-state index >= 15 is 0 Å². The molecule has 4 nitrogen and oxygen atoms in total. The van der Waals surface area contributed by atoms with Gasteiger partial charge in [0.25, 0.3) is 0 Å². The topological polar surface area (TPSA) is 47.3 Å². The third kappa shape index (κ3) is 0.797. The predicted molar refractivity (Wildman–Crippen MR) is 37.8 cm³/mol. The molecule has 53 valence electrons. The zero-order valence-electron chi connectivity index (χ0n) is 5.56. The fourth-order valence-corrected chi connectivity index (χ4v) is 0.899. The molecule has 0 saturated heterocycles. The van der Waals surface area contributed by atoms with Crippen LogP contribution in [0.25, 0.3) is 5.65 Å². The molecule has 0 N–H and O–H groups in total. The highest BCUT2D eigenvalue weighted by Gasteiger charge is 2.01. The van der Waals surface area contributed by atoms with E-state index in [2.05, 4.69) is 10.1 Å². The summed E-state index contributed by atoms with van der Waals surface area (Å²) < 4.78 is 1.53. The van der Waals surface area contributed by atoms with Crippen LogP contribution in [0.15, 0.2) is 24.7 Å². The van der Waals surface area contributed by atoms with Gasteiger partial charge in [-0.1, -0.05) is 0 Å². The summed E-state index contributed by atoms with van der Waals surface area (Å²) in [7, 11) is 0. The molecule has 2 rings (SSSR count). The molecule has 0 aliphatic heterocycles. The van der Waals surface area contributed by atoms with Crippen molar-refractivity contribution in [3.05, 3.63) is 30.2 Å². The van der Waals surface area contributed by atoms with Gasteiger partial charge in [-0.15, -0.1) is 0 Å². The van der Waals surface area contributed by atoms with Gasteiger partial charge in [-0.3, -0.25) is 4.79 Å². The van der Waals surface area contributed by atoms with Crippen LogP contribution >= 0.6 is 0 Å². The van der Waals surface area contributed by atoms with Gasteiger partial charge in [-0.2, -0.15) is 5.10 Å². The standard InChI is InChI=1S/C7H4N3O/c11-5-6-4-9-10-3-1-2-8-7(6)10/h1-4H. The molecule has 2 aromatic heterocycles. The summed E-state index contributed by atoms with van der Waals surface area (Å²) in [6.07, 6.45) is 6.53. The molecule has 0 atom stereocenters. The Bertz CT molecular complexity index is 393. The lowest BCUT2D eigenvalue weighted by molar-refractivity contribution is 0.563. The van der Waals surface area contributed by atoms with Crippen LogP contribution in [0.4, 0.5) is 0 Å². The van der Waals surface area contributed by atoms with Crippen LogP contribution in [0.3, 0.4) is 0 Å². The van der Waals surface area contributed by atoms with E-state index in [1.54, 1.807) is 24.7 Å². The Morgan fingerprint density at radius 3 is 3.27 bits per heavy atom. The van der Waals surface area contributed by atoms with E-state index in [4.69, 9.17) is 0 Å². The molecule has 0 bridgehead atoms. The van der Waals surface area contributed by atoms with Crippen molar-refractivity contribution >= 4 is 11.9 Å². The van der Waals surface area contributed by atoms with Crippen LogP contribution in [0.1, 0.15) is 5.56 Å². The molecule has 0 unspecified atom stereocenters. The van der Waals surface area contributed by atoms with Gasteiger partial charge < -0.3 is 0 Å². The molecule has 0 aromatic carbocycles. The summed E-state index contributed by atoms with van der Waals surface area (Å²) in [5.41, 5.74) is 0.938. The quantitative estimate of drug-likeness (QED) is 0.576. The highest BCUT2D eigenvalue weighted by atomic mass is 16.1. The molecule has 4 heteroatoms. The van der Waals surface area contributed by atoms with E-state index in [1.807, 2.05) is 0 Å². The van der Waals surface area contributed by atoms with Gasteiger partial charge in [0.05, 0.1) is 11.8 Å². The summed E-state index contributed by atoms with van der Waals surface area (Å²) in [4.78, 5) is 14.2. The molecule has 11 heavy (non-hydrogen) atoms. The monoisotopic (exact) mass is 146 g/mol. The van der Waals surface area contributed by atoms with Gasteiger partial charge in [-0.05, 0) is 6.07 Å². The largest absolute Gasteiger partial charge is 0.285 e. The molecular formula is C7H4N3O. The Morgan fingerprint density at radius 2 is 2.45 bits per heavy atom. The summed E-state index contributed by atoms with van der Waals surface area (Å²) in [5.74, 6) is 0. The zero-order valence-corrected chi connectivity index (χ0v) is 5.56. The Kier molecular flexibility index (Phi) is 1.18. The lowest BCUT2D eigenvalue weighted by Gasteiger charge is -1.87. The average molecular weight is 146 g/mol. The van der Waals surface area contributed by atoms with Crippen LogP contribution in [0.2, 0.25) is 0 Å². The number of aromatic nitrogens is 3. The van der Waals surface area contributed by atoms with Crippen LogP contribution in [-0.2, 0) is 4.79 Å². The molecule has 1 radical (unpaired) electrons. The van der Waals surface area contributed by atoms with Gasteiger partial charge in [0.15, 0.2) is 5.65 Å². The summed E-state index contributed by atoms with van der Waals surface area (Å²) in [6, 6.07) is 1.74. The fraction of sp³-hybridized carbons (Fsp3) is 0. The molecular weight excluding hydrogens is 142 g/mol. The van der Waals surface area contributed by atoms with Crippen molar-refractivity contribution in [3.8, 4) is 0 Å². The maximum atomic E-state index is 10.3. The van der Waals surface area contributed by atoms with Crippen molar-refractivity contribution in [2.45, 2.75) is 0 Å². The Labute approximate surface area is 62.5 Å². The highest BCUT2D eigenvalue weighted by molar-refractivity contribution is 5.83. The first kappa shape index (κ1) is 6.03. The van der Waals surface area contributed by atoms with E-state index < -0.39 is 0 Å². The number of hydrogen-bond acceptors (Lipinski definition) is 3. The third-order valence-electron chi connectivity index (χ3n) is 1.39. The van der Waals surface area contributed by atoms with Gasteiger partial charge in [0, 0.05) is 12.4 Å². The van der Waals surface area contributed by atoms with Gasteiger partial charge in [0.1, 0.15) is 0 Å². The number of fused-ring (bicyclic) bond motifs is 1. The first-order valence-electron chi connectivity index (χ1n) is 3.08. The predicted octanol–water partition coefficient (Wildman–Crippen LogP) is 0.187. The molecule has 0 aliphatic rings. The van der Waals surface area contributed by atoms with Crippen LogP contribution < -0.4 is 0 Å². The Morgan fingerprint density at radius 1 is 1.55 bits per heavy atom. The molecule has 0 saturated carbocycles. The van der Waals surface area contributed by atoms with E-state index in [0.717, 1.165) is 0 Å². The number of nitrogens with zero attached hydrogens (tertiary/aromatic N) is 3. The Hall–Kier alpha value is -1.71. The maximum Gasteiger partial charge on any atom is 0.239 e. The van der Waals surface area contributed by atoms with Crippen molar-refractivity contribution in [1.82, 2.24) is 14.6 Å². The fourth-order valence-electron chi connectivity index (χ4n) is 0.899. The highest BCUT2D eigenvalue weighted by Crippen LogP contribution is 2.02. The molecule has 0 spiro atoms. The number of carbonyl (C=O) groups excluding carboxylic acids is 1. The summed E-state index contributed by atoms with van der Waals surface area (Å²) in [6.45, 7) is 0. The van der Waals surface area contributed by atoms with Crippen molar-refractivity contribution in [1.29, 1.82) is 0 Å². The smallest absolute Gasteiger partial charge is 0.239 e. The average Bonchev–Trinajstić information content (AvgIpc) is 2.47. The molecule has 2 heterocycles. The zero-order chi connectivity index (χ0) is 7.68. The van der Waals surface area contributed by atoms with Gasteiger partial charge >= 0.3 is 0 Å². The molecule has 0 aliphatic carbocycles. The van der Waals surface area contributed by atoms with Crippen molar-refractivity contribution in [2.24, 2.45) is 0 Å². The molecule has 0 amide bonds. The minimum Gasteiger partial charge on any atom is -0.285 e. The second-order valence-corrected chi connectivity index (χ2v) is 2.05. The number of rotatable bonds is 1. The van der Waals surface area contributed by atoms with Gasteiger partial charge in [-0.25, -0.2) is 9.50 Å². The minimum absolute atomic E-state index is 0.394. The van der Waals surface area contributed by atoms with E-state index in [0.29, 0.717) is 11.2 Å². The molecule has 2 aromatic rings. The van der Waals surface area contributed by atoms with Crippen molar-refractivity contribution in [3.63, 3.8) is 0 Å². The lowest BCUT2D eigenvalue weighted by Crippen LogP contribution is -1.88. The van der Waals surface area contributed by atoms with E-state index in [-0.39, 0.29) is 0 Å².